The van der Waals surface area contributed by atoms with Crippen molar-refractivity contribution in [3.63, 3.8) is 0 Å². The molecule has 1 aliphatic heterocycles. The van der Waals surface area contributed by atoms with Gasteiger partial charge in [-0.25, -0.2) is 9.78 Å². The van der Waals surface area contributed by atoms with E-state index >= 15 is 0 Å². The van der Waals surface area contributed by atoms with Crippen molar-refractivity contribution in [2.24, 2.45) is 11.5 Å². The van der Waals surface area contributed by atoms with Crippen LogP contribution in [0.3, 0.4) is 0 Å². The van der Waals surface area contributed by atoms with Gasteiger partial charge in [0.25, 0.3) is 11.8 Å². The van der Waals surface area contributed by atoms with Crippen molar-refractivity contribution in [1.82, 2.24) is 14.8 Å². The predicted molar refractivity (Wildman–Crippen MR) is 156 cm³/mol. The molecule has 1 fully saturated rings. The van der Waals surface area contributed by atoms with Gasteiger partial charge in [-0.2, -0.15) is 0 Å². The van der Waals surface area contributed by atoms with Gasteiger partial charge in [-0.05, 0) is 70.5 Å². The van der Waals surface area contributed by atoms with Crippen molar-refractivity contribution >= 4 is 41.0 Å². The zero-order valence-electron chi connectivity index (χ0n) is 23.2. The van der Waals surface area contributed by atoms with E-state index in [1.165, 1.54) is 12.3 Å². The summed E-state index contributed by atoms with van der Waals surface area (Å²) >= 11 is 5.86. The van der Waals surface area contributed by atoms with E-state index < -0.39 is 17.4 Å². The molecule has 0 saturated carbocycles. The van der Waals surface area contributed by atoms with E-state index in [1.807, 2.05) is 32.6 Å². The summed E-state index contributed by atoms with van der Waals surface area (Å²) in [6, 6.07) is 8.23. The number of nitrogens with zero attached hydrogens (tertiary/aromatic N) is 3. The molecular weight excluding hydrogens is 534 g/mol. The minimum Gasteiger partial charge on any atom is -0.444 e. The maximum atomic E-state index is 12.9. The fourth-order valence-corrected chi connectivity index (χ4v) is 3.94. The van der Waals surface area contributed by atoms with Crippen LogP contribution in [0.2, 0.25) is 5.02 Å². The smallest absolute Gasteiger partial charge is 0.410 e. The lowest BCUT2D eigenvalue weighted by molar-refractivity contribution is -0.112. The number of hydrogen-bond acceptors (Lipinski definition) is 8. The van der Waals surface area contributed by atoms with Crippen LogP contribution in [0.25, 0.3) is 0 Å². The molecule has 0 atom stereocenters. The second-order valence-electron chi connectivity index (χ2n) is 10.3. The molecule has 40 heavy (non-hydrogen) atoms. The maximum Gasteiger partial charge on any atom is 0.410 e. The van der Waals surface area contributed by atoms with Gasteiger partial charge in [-0.1, -0.05) is 23.2 Å². The summed E-state index contributed by atoms with van der Waals surface area (Å²) in [7, 11) is 0. The number of amides is 3. The molecule has 1 aliphatic rings. The Labute approximate surface area is 239 Å². The first-order chi connectivity index (χ1) is 18.8. The Hall–Kier alpha value is -4.25. The van der Waals surface area contributed by atoms with Gasteiger partial charge in [0.2, 0.25) is 0 Å². The number of rotatable bonds is 6. The second kappa shape index (κ2) is 13.2. The highest BCUT2D eigenvalue weighted by molar-refractivity contribution is 6.30. The first-order valence-electron chi connectivity index (χ1n) is 12.8. The lowest BCUT2D eigenvalue weighted by Crippen LogP contribution is -2.39. The summed E-state index contributed by atoms with van der Waals surface area (Å²) < 4.78 is 5.47. The average Bonchev–Trinajstić information content (AvgIpc) is 3.15. The standard InChI is InChI=1S/C28H36ClN7O4/c1-18-6-9-22(20(16-18)25(37)34-24-11-7-19(29)17-32-24)33-26(38)21(30)8-10-23(31)35-12-5-13-36(15-14-35)27(39)40-28(2,3)4/h6-11,16-17H,5,12-15,30-31H2,1-4H3,(H,33,38)(H,32,34,37)/b21-8-,23-10+. The van der Waals surface area contributed by atoms with E-state index in [4.69, 9.17) is 27.8 Å². The molecule has 11 nitrogen and oxygen atoms in total. The first-order valence-corrected chi connectivity index (χ1v) is 13.2. The number of carbonyl (C=O) groups excluding carboxylic acids is 3. The number of aromatic nitrogens is 1. The summed E-state index contributed by atoms with van der Waals surface area (Å²) in [6.07, 6.45) is 4.73. The van der Waals surface area contributed by atoms with E-state index in [0.29, 0.717) is 49.3 Å². The van der Waals surface area contributed by atoms with Crippen LogP contribution in [0.15, 0.2) is 60.2 Å². The van der Waals surface area contributed by atoms with Crippen LogP contribution < -0.4 is 22.1 Å². The number of benzene rings is 1. The van der Waals surface area contributed by atoms with Gasteiger partial charge < -0.3 is 36.6 Å². The van der Waals surface area contributed by atoms with Crippen LogP contribution in [0, 0.1) is 6.92 Å². The topological polar surface area (TPSA) is 156 Å². The molecule has 0 unspecified atom stereocenters. The average molecular weight is 570 g/mol. The second-order valence-corrected chi connectivity index (χ2v) is 10.8. The third-order valence-corrected chi connectivity index (χ3v) is 6.07. The van der Waals surface area contributed by atoms with Gasteiger partial charge in [0, 0.05) is 32.4 Å². The fraction of sp³-hybridized carbons (Fsp3) is 0.357. The molecule has 3 amide bonds. The Morgan fingerprint density at radius 3 is 2.38 bits per heavy atom. The minimum absolute atomic E-state index is 0.0977. The number of nitrogens with two attached hydrogens (primary N) is 2. The van der Waals surface area contributed by atoms with Gasteiger partial charge in [-0.3, -0.25) is 9.59 Å². The molecule has 2 aromatic rings. The predicted octanol–water partition coefficient (Wildman–Crippen LogP) is 3.82. The number of anilines is 2. The summed E-state index contributed by atoms with van der Waals surface area (Å²) in [5.41, 5.74) is 13.0. The number of ether oxygens (including phenoxy) is 1. The summed E-state index contributed by atoms with van der Waals surface area (Å²) in [6.45, 7) is 9.46. The van der Waals surface area contributed by atoms with Crippen molar-refractivity contribution in [1.29, 1.82) is 0 Å². The zero-order chi connectivity index (χ0) is 29.4. The number of allylic oxidation sites excluding steroid dienone is 2. The normalized spacial score (nSPS) is 14.8. The SMILES string of the molecule is Cc1ccc(NC(=O)/C(N)=C/C=C(\N)N2CCCN(C(=O)OC(C)(C)C)CC2)c(C(=O)Nc2ccc(Cl)cn2)c1. The van der Waals surface area contributed by atoms with Gasteiger partial charge in [0.05, 0.1) is 27.8 Å². The Morgan fingerprint density at radius 1 is 1.00 bits per heavy atom. The third-order valence-electron chi connectivity index (χ3n) is 5.85. The zero-order valence-corrected chi connectivity index (χ0v) is 23.9. The Kier molecular flexibility index (Phi) is 10.0. The largest absolute Gasteiger partial charge is 0.444 e. The highest BCUT2D eigenvalue weighted by Gasteiger charge is 2.24. The van der Waals surface area contributed by atoms with Crippen molar-refractivity contribution in [2.75, 3.05) is 36.8 Å². The van der Waals surface area contributed by atoms with Crippen LogP contribution in [0.1, 0.15) is 43.1 Å². The molecule has 214 valence electrons. The van der Waals surface area contributed by atoms with E-state index in [2.05, 4.69) is 15.6 Å². The molecule has 1 aromatic carbocycles. The highest BCUT2D eigenvalue weighted by Crippen LogP contribution is 2.20. The Morgan fingerprint density at radius 2 is 1.70 bits per heavy atom. The van der Waals surface area contributed by atoms with E-state index in [0.717, 1.165) is 5.56 Å². The summed E-state index contributed by atoms with van der Waals surface area (Å²) in [4.78, 5) is 45.8. The van der Waals surface area contributed by atoms with Crippen LogP contribution in [0.5, 0.6) is 0 Å². The van der Waals surface area contributed by atoms with Crippen molar-refractivity contribution in [3.8, 4) is 0 Å². The van der Waals surface area contributed by atoms with E-state index in [1.54, 1.807) is 41.3 Å². The number of pyridine rings is 1. The lowest BCUT2D eigenvalue weighted by atomic mass is 10.1. The van der Waals surface area contributed by atoms with Gasteiger partial charge in [-0.15, -0.1) is 0 Å². The number of nitrogens with one attached hydrogen (secondary N) is 2. The number of halogens is 1. The van der Waals surface area contributed by atoms with Gasteiger partial charge in [0.1, 0.15) is 11.4 Å². The molecule has 2 heterocycles. The molecule has 1 aromatic heterocycles. The molecule has 6 N–H and O–H groups in total. The Balaban J connectivity index is 1.65. The summed E-state index contributed by atoms with van der Waals surface area (Å²) in [5, 5.41) is 5.82. The number of hydrogen-bond donors (Lipinski definition) is 4. The van der Waals surface area contributed by atoms with Gasteiger partial charge in [0.15, 0.2) is 0 Å². The molecule has 0 aliphatic carbocycles. The number of carbonyl (C=O) groups is 3. The van der Waals surface area contributed by atoms with Crippen molar-refractivity contribution in [2.45, 2.75) is 39.7 Å². The first kappa shape index (κ1) is 30.3. The van der Waals surface area contributed by atoms with Gasteiger partial charge >= 0.3 is 6.09 Å². The van der Waals surface area contributed by atoms with Crippen molar-refractivity contribution < 1.29 is 19.1 Å². The maximum absolute atomic E-state index is 12.9. The number of aryl methyl sites for hydroxylation is 1. The third kappa shape index (κ3) is 8.91. The molecule has 0 spiro atoms. The molecule has 12 heteroatoms. The monoisotopic (exact) mass is 569 g/mol. The minimum atomic E-state index is -0.599. The fourth-order valence-electron chi connectivity index (χ4n) is 3.82. The van der Waals surface area contributed by atoms with E-state index in [-0.39, 0.29) is 23.0 Å². The molecular formula is C28H36ClN7O4. The quantitative estimate of drug-likeness (QED) is 0.302. The van der Waals surface area contributed by atoms with Crippen LogP contribution in [0.4, 0.5) is 16.3 Å². The van der Waals surface area contributed by atoms with Crippen LogP contribution in [-0.2, 0) is 9.53 Å². The molecule has 1 saturated heterocycles. The molecule has 3 rings (SSSR count). The molecule has 0 bridgehead atoms. The van der Waals surface area contributed by atoms with E-state index in [9.17, 15) is 14.4 Å². The summed E-state index contributed by atoms with van der Waals surface area (Å²) in [5.74, 6) is -0.329. The highest BCUT2D eigenvalue weighted by atomic mass is 35.5. The lowest BCUT2D eigenvalue weighted by Gasteiger charge is -2.26. The molecule has 0 radical (unpaired) electrons. The van der Waals surface area contributed by atoms with Crippen LogP contribution >= 0.6 is 11.6 Å². The van der Waals surface area contributed by atoms with Crippen LogP contribution in [-0.4, -0.2) is 64.5 Å². The van der Waals surface area contributed by atoms with Crippen molar-refractivity contribution in [3.05, 3.63) is 76.3 Å². The Bertz CT molecular complexity index is 1300.